The van der Waals surface area contributed by atoms with Crippen molar-refractivity contribution in [2.75, 3.05) is 6.61 Å². The van der Waals surface area contributed by atoms with Crippen molar-refractivity contribution < 1.29 is 22.3 Å². The van der Waals surface area contributed by atoms with Crippen LogP contribution < -0.4 is 4.72 Å². The van der Waals surface area contributed by atoms with Crippen LogP contribution >= 0.6 is 0 Å². The largest absolute Gasteiger partial charge is 0.396 e. The summed E-state index contributed by atoms with van der Waals surface area (Å²) in [4.78, 5) is -0.993. The van der Waals surface area contributed by atoms with E-state index in [1.54, 1.807) is 13.8 Å². The lowest BCUT2D eigenvalue weighted by atomic mass is 9.97. The summed E-state index contributed by atoms with van der Waals surface area (Å²) in [5.41, 5.74) is -0.956. The van der Waals surface area contributed by atoms with Gasteiger partial charge in [0.15, 0.2) is 4.90 Å². The average Bonchev–Trinajstić information content (AvgIpc) is 2.27. The van der Waals surface area contributed by atoms with Crippen LogP contribution in [0.4, 0.5) is 8.78 Å². The van der Waals surface area contributed by atoms with E-state index < -0.39 is 32.1 Å². The minimum absolute atomic E-state index is 0.152. The number of hydrogen-bond donors (Lipinski definition) is 2. The molecule has 1 unspecified atom stereocenters. The standard InChI is InChI=1S/C12H17F2NO3S/c1-3-12(2,7-8-16)15-19(17,18)11-9(13)5-4-6-10(11)14/h4-6,15-16H,3,7-8H2,1-2H3. The second kappa shape index (κ2) is 5.94. The van der Waals surface area contributed by atoms with Crippen LogP contribution in [0.25, 0.3) is 0 Å². The van der Waals surface area contributed by atoms with Crippen molar-refractivity contribution in [3.63, 3.8) is 0 Å². The number of aliphatic hydroxyl groups excluding tert-OH is 1. The Kier molecular flexibility index (Phi) is 5.00. The number of sulfonamides is 1. The number of nitrogens with one attached hydrogen (secondary N) is 1. The van der Waals surface area contributed by atoms with E-state index in [2.05, 4.69) is 4.72 Å². The van der Waals surface area contributed by atoms with Gasteiger partial charge in [-0.2, -0.15) is 0 Å². The highest BCUT2D eigenvalue weighted by atomic mass is 32.2. The number of benzene rings is 1. The molecule has 0 aromatic heterocycles. The Balaban J connectivity index is 3.18. The van der Waals surface area contributed by atoms with E-state index >= 15 is 0 Å². The van der Waals surface area contributed by atoms with Crippen molar-refractivity contribution in [3.8, 4) is 0 Å². The fraction of sp³-hybridized carbons (Fsp3) is 0.500. The van der Waals surface area contributed by atoms with Gasteiger partial charge in [-0.05, 0) is 31.9 Å². The van der Waals surface area contributed by atoms with Crippen molar-refractivity contribution in [1.29, 1.82) is 0 Å². The van der Waals surface area contributed by atoms with E-state index in [9.17, 15) is 17.2 Å². The Bertz CT molecular complexity index is 528. The van der Waals surface area contributed by atoms with Gasteiger partial charge in [0.1, 0.15) is 11.6 Å². The topological polar surface area (TPSA) is 66.4 Å². The van der Waals surface area contributed by atoms with E-state index in [4.69, 9.17) is 5.11 Å². The molecular weight excluding hydrogens is 276 g/mol. The van der Waals surface area contributed by atoms with Crippen molar-refractivity contribution in [2.24, 2.45) is 0 Å². The zero-order chi connectivity index (χ0) is 14.7. The van der Waals surface area contributed by atoms with E-state index in [0.29, 0.717) is 6.42 Å². The van der Waals surface area contributed by atoms with Gasteiger partial charge in [-0.25, -0.2) is 21.9 Å². The molecule has 0 amide bonds. The highest BCUT2D eigenvalue weighted by Crippen LogP contribution is 2.22. The van der Waals surface area contributed by atoms with Gasteiger partial charge in [0.25, 0.3) is 0 Å². The lowest BCUT2D eigenvalue weighted by Crippen LogP contribution is -2.46. The Morgan fingerprint density at radius 1 is 1.32 bits per heavy atom. The zero-order valence-electron chi connectivity index (χ0n) is 10.8. The molecule has 108 valence electrons. The molecule has 19 heavy (non-hydrogen) atoms. The van der Waals surface area contributed by atoms with Crippen LogP contribution in [0.15, 0.2) is 23.1 Å². The Morgan fingerprint density at radius 3 is 2.26 bits per heavy atom. The first-order chi connectivity index (χ1) is 8.75. The first kappa shape index (κ1) is 16.0. The van der Waals surface area contributed by atoms with Crippen LogP contribution in [0, 0.1) is 11.6 Å². The summed E-state index contributed by atoms with van der Waals surface area (Å²) in [6, 6.07) is 2.86. The van der Waals surface area contributed by atoms with Crippen molar-refractivity contribution in [2.45, 2.75) is 37.1 Å². The molecule has 4 nitrogen and oxygen atoms in total. The molecule has 0 bridgehead atoms. The molecule has 0 saturated carbocycles. The fourth-order valence-corrected chi connectivity index (χ4v) is 3.31. The molecule has 0 aliphatic heterocycles. The van der Waals surface area contributed by atoms with Gasteiger partial charge >= 0.3 is 0 Å². The quantitative estimate of drug-likeness (QED) is 0.840. The third kappa shape index (κ3) is 3.71. The molecule has 0 saturated heterocycles. The molecule has 0 aliphatic rings. The molecule has 2 N–H and O–H groups in total. The predicted octanol–water partition coefficient (Wildman–Crippen LogP) is 1.79. The molecular formula is C12H17F2NO3S. The number of hydrogen-bond acceptors (Lipinski definition) is 3. The van der Waals surface area contributed by atoms with Gasteiger partial charge < -0.3 is 5.11 Å². The highest BCUT2D eigenvalue weighted by Gasteiger charge is 2.32. The van der Waals surface area contributed by atoms with Gasteiger partial charge in [-0.1, -0.05) is 13.0 Å². The lowest BCUT2D eigenvalue weighted by Gasteiger charge is -2.28. The SMILES string of the molecule is CCC(C)(CCO)NS(=O)(=O)c1c(F)cccc1F. The summed E-state index contributed by atoms with van der Waals surface area (Å²) in [5.74, 6) is -2.29. The first-order valence-electron chi connectivity index (χ1n) is 5.84. The smallest absolute Gasteiger partial charge is 0.246 e. The third-order valence-electron chi connectivity index (χ3n) is 3.01. The summed E-state index contributed by atoms with van der Waals surface area (Å²) in [6.45, 7) is 3.06. The molecule has 1 aromatic rings. The highest BCUT2D eigenvalue weighted by molar-refractivity contribution is 7.89. The van der Waals surface area contributed by atoms with E-state index in [1.165, 1.54) is 0 Å². The third-order valence-corrected chi connectivity index (χ3v) is 4.70. The second-order valence-electron chi connectivity index (χ2n) is 4.54. The molecule has 0 aliphatic carbocycles. The monoisotopic (exact) mass is 293 g/mol. The van der Waals surface area contributed by atoms with Crippen molar-refractivity contribution in [1.82, 2.24) is 4.72 Å². The van der Waals surface area contributed by atoms with Crippen LogP contribution in [-0.4, -0.2) is 25.7 Å². The van der Waals surface area contributed by atoms with Gasteiger partial charge in [0, 0.05) is 12.1 Å². The maximum Gasteiger partial charge on any atom is 0.246 e. The van der Waals surface area contributed by atoms with Crippen LogP contribution in [0.3, 0.4) is 0 Å². The number of halogens is 2. The Hall–Kier alpha value is -1.05. The second-order valence-corrected chi connectivity index (χ2v) is 6.16. The van der Waals surface area contributed by atoms with Gasteiger partial charge in [-0.3, -0.25) is 0 Å². The summed E-state index contributed by atoms with van der Waals surface area (Å²) < 4.78 is 53.4. The van der Waals surface area contributed by atoms with Crippen LogP contribution in [0.1, 0.15) is 26.7 Å². The molecule has 7 heteroatoms. The lowest BCUT2D eigenvalue weighted by molar-refractivity contribution is 0.233. The fourth-order valence-electron chi connectivity index (χ4n) is 1.66. The van der Waals surface area contributed by atoms with E-state index in [0.717, 1.165) is 18.2 Å². The summed E-state index contributed by atoms with van der Waals surface area (Å²) in [5, 5.41) is 8.93. The molecule has 1 atom stereocenters. The van der Waals surface area contributed by atoms with Crippen LogP contribution in [0.5, 0.6) is 0 Å². The summed E-state index contributed by atoms with van der Waals surface area (Å²) in [7, 11) is -4.32. The molecule has 0 spiro atoms. The molecule has 1 aromatic carbocycles. The van der Waals surface area contributed by atoms with Crippen molar-refractivity contribution in [3.05, 3.63) is 29.8 Å². The number of rotatable bonds is 6. The van der Waals surface area contributed by atoms with Gasteiger partial charge in [-0.15, -0.1) is 0 Å². The molecule has 0 fully saturated rings. The summed E-state index contributed by atoms with van der Waals surface area (Å²) in [6.07, 6.45) is 0.529. The van der Waals surface area contributed by atoms with E-state index in [-0.39, 0.29) is 13.0 Å². The maximum atomic E-state index is 13.5. The van der Waals surface area contributed by atoms with Crippen LogP contribution in [-0.2, 0) is 10.0 Å². The van der Waals surface area contributed by atoms with Crippen LogP contribution in [0.2, 0.25) is 0 Å². The Morgan fingerprint density at radius 2 is 1.84 bits per heavy atom. The van der Waals surface area contributed by atoms with E-state index in [1.807, 2.05) is 0 Å². The van der Waals surface area contributed by atoms with Crippen molar-refractivity contribution >= 4 is 10.0 Å². The molecule has 1 rings (SSSR count). The average molecular weight is 293 g/mol. The zero-order valence-corrected chi connectivity index (χ0v) is 11.6. The molecule has 0 heterocycles. The first-order valence-corrected chi connectivity index (χ1v) is 7.33. The number of aliphatic hydroxyl groups is 1. The minimum atomic E-state index is -4.32. The Labute approximate surface area is 111 Å². The van der Waals surface area contributed by atoms with Gasteiger partial charge in [0.05, 0.1) is 0 Å². The predicted molar refractivity (Wildman–Crippen MR) is 67.1 cm³/mol. The normalized spacial score (nSPS) is 15.2. The summed E-state index contributed by atoms with van der Waals surface area (Å²) >= 11 is 0. The maximum absolute atomic E-state index is 13.5. The molecule has 0 radical (unpaired) electrons. The van der Waals surface area contributed by atoms with Gasteiger partial charge in [0.2, 0.25) is 10.0 Å². The minimum Gasteiger partial charge on any atom is -0.396 e.